The molecule has 2 aliphatic heterocycles. The predicted octanol–water partition coefficient (Wildman–Crippen LogP) is 6.16. The van der Waals surface area contributed by atoms with Gasteiger partial charge in [0, 0.05) is 36.0 Å². The number of hydrogen-bond donors (Lipinski definition) is 0. The van der Waals surface area contributed by atoms with Crippen molar-refractivity contribution in [1.29, 1.82) is 0 Å². The third kappa shape index (κ3) is 5.16. The molecule has 5 aromatic rings. The maximum absolute atomic E-state index is 14.0. The van der Waals surface area contributed by atoms with Gasteiger partial charge in [-0.3, -0.25) is 4.79 Å². The second-order valence-corrected chi connectivity index (χ2v) is 12.6. The van der Waals surface area contributed by atoms with Gasteiger partial charge in [-0.2, -0.15) is 19.5 Å². The molecule has 0 saturated carbocycles. The molecule has 3 heterocycles. The normalized spacial score (nSPS) is 16.5. The first-order valence-electron chi connectivity index (χ1n) is 14.5. The minimum atomic E-state index is -3.64. The van der Waals surface area contributed by atoms with Crippen LogP contribution in [0.2, 0.25) is 0 Å². The van der Waals surface area contributed by atoms with Crippen molar-refractivity contribution in [2.24, 2.45) is 5.10 Å². The van der Waals surface area contributed by atoms with Gasteiger partial charge in [0.15, 0.2) is 0 Å². The standard InChI is InChI=1S/C35H29N5O3S/c41-35-32(34(26-13-4-1-5-14-26)37-40(35)30-18-8-3-9-19-30)24-28-25-39(29-16-6-2-7-17-29)36-33(28)27-15-12-20-31(23-27)44(42,43)38-21-10-11-22-38/h1-9,12-20,23-25H,10-11,21-22H2/b32-24-. The molecule has 1 saturated heterocycles. The second kappa shape index (κ2) is 11.5. The highest BCUT2D eigenvalue weighted by molar-refractivity contribution is 7.89. The van der Waals surface area contributed by atoms with Gasteiger partial charge in [0.05, 0.1) is 21.8 Å². The predicted molar refractivity (Wildman–Crippen MR) is 172 cm³/mol. The van der Waals surface area contributed by atoms with E-state index in [4.69, 9.17) is 10.2 Å². The largest absolute Gasteiger partial charge is 0.281 e. The first-order chi connectivity index (χ1) is 21.5. The summed E-state index contributed by atoms with van der Waals surface area (Å²) in [6.45, 7) is 1.04. The molecule has 1 aromatic heterocycles. The molecule has 2 aliphatic rings. The van der Waals surface area contributed by atoms with E-state index < -0.39 is 10.0 Å². The van der Waals surface area contributed by atoms with Crippen molar-refractivity contribution in [2.75, 3.05) is 18.1 Å². The molecule has 0 spiro atoms. The third-order valence-electron chi connectivity index (χ3n) is 7.80. The Morgan fingerprint density at radius 3 is 2.00 bits per heavy atom. The number of para-hydroxylation sites is 2. The molecule has 0 N–H and O–H groups in total. The van der Waals surface area contributed by atoms with Gasteiger partial charge in [-0.1, -0.05) is 78.9 Å². The van der Waals surface area contributed by atoms with Crippen LogP contribution in [0.3, 0.4) is 0 Å². The minimum Gasteiger partial charge on any atom is -0.267 e. The summed E-state index contributed by atoms with van der Waals surface area (Å²) in [5, 5.41) is 11.1. The van der Waals surface area contributed by atoms with Gasteiger partial charge in [-0.15, -0.1) is 0 Å². The van der Waals surface area contributed by atoms with E-state index in [1.54, 1.807) is 29.0 Å². The lowest BCUT2D eigenvalue weighted by Gasteiger charge is -2.16. The molecule has 8 nitrogen and oxygen atoms in total. The molecule has 44 heavy (non-hydrogen) atoms. The van der Waals surface area contributed by atoms with Crippen molar-refractivity contribution < 1.29 is 13.2 Å². The highest BCUT2D eigenvalue weighted by Gasteiger charge is 2.33. The van der Waals surface area contributed by atoms with Gasteiger partial charge >= 0.3 is 0 Å². The molecular weight excluding hydrogens is 570 g/mol. The fraction of sp³-hybridized carbons (Fsp3) is 0.114. The SMILES string of the molecule is O=C1/C(=C\c2cn(-c3ccccc3)nc2-c2cccc(S(=O)(=O)N3CCCC3)c2)C(c2ccccc2)=NN1c1ccccc1. The van der Waals surface area contributed by atoms with Crippen molar-refractivity contribution in [3.05, 3.63) is 138 Å². The summed E-state index contributed by atoms with van der Waals surface area (Å²) in [4.78, 5) is 14.2. The zero-order chi connectivity index (χ0) is 30.1. The maximum Gasteiger partial charge on any atom is 0.281 e. The molecule has 0 radical (unpaired) electrons. The average Bonchev–Trinajstić information content (AvgIpc) is 3.83. The smallest absolute Gasteiger partial charge is 0.267 e. The van der Waals surface area contributed by atoms with Gasteiger partial charge in [0.2, 0.25) is 10.0 Å². The van der Waals surface area contributed by atoms with Gasteiger partial charge < -0.3 is 0 Å². The molecule has 4 aromatic carbocycles. The first-order valence-corrected chi connectivity index (χ1v) is 15.9. The second-order valence-electron chi connectivity index (χ2n) is 10.7. The topological polar surface area (TPSA) is 87.9 Å². The summed E-state index contributed by atoms with van der Waals surface area (Å²) in [6, 6.07) is 35.5. The number of amides is 1. The summed E-state index contributed by atoms with van der Waals surface area (Å²) in [5.74, 6) is -0.265. The van der Waals surface area contributed by atoms with E-state index in [0.29, 0.717) is 46.9 Å². The number of aromatic nitrogens is 2. The summed E-state index contributed by atoms with van der Waals surface area (Å²) in [5.41, 5.74) is 5.11. The number of rotatable bonds is 7. The van der Waals surface area contributed by atoms with E-state index in [1.165, 1.54) is 9.31 Å². The van der Waals surface area contributed by atoms with Crippen LogP contribution in [0.1, 0.15) is 24.0 Å². The van der Waals surface area contributed by atoms with Gasteiger partial charge in [-0.25, -0.2) is 13.1 Å². The average molecular weight is 600 g/mol. The first kappa shape index (κ1) is 27.7. The molecule has 7 rings (SSSR count). The van der Waals surface area contributed by atoms with Gasteiger partial charge in [0.1, 0.15) is 11.4 Å². The van der Waals surface area contributed by atoms with E-state index in [-0.39, 0.29) is 10.8 Å². The van der Waals surface area contributed by atoms with Crippen molar-refractivity contribution in [3.8, 4) is 16.9 Å². The Morgan fingerprint density at radius 2 is 1.32 bits per heavy atom. The summed E-state index contributed by atoms with van der Waals surface area (Å²) in [7, 11) is -3.64. The summed E-state index contributed by atoms with van der Waals surface area (Å²) < 4.78 is 30.2. The zero-order valence-electron chi connectivity index (χ0n) is 23.8. The van der Waals surface area contributed by atoms with Crippen molar-refractivity contribution >= 4 is 33.4 Å². The Balaban J connectivity index is 1.38. The number of sulfonamides is 1. The Kier molecular flexibility index (Phi) is 7.25. The number of nitrogens with zero attached hydrogens (tertiary/aromatic N) is 5. The van der Waals surface area contributed by atoms with Crippen molar-refractivity contribution in [3.63, 3.8) is 0 Å². The molecule has 218 valence electrons. The Bertz CT molecular complexity index is 2000. The van der Waals surface area contributed by atoms with Gasteiger partial charge in [0.25, 0.3) is 5.91 Å². The lowest BCUT2D eigenvalue weighted by Crippen LogP contribution is -2.27. The number of carbonyl (C=O) groups excluding carboxylic acids is 1. The van der Waals surface area contributed by atoms with Crippen molar-refractivity contribution in [2.45, 2.75) is 17.7 Å². The van der Waals surface area contributed by atoms with Crippen LogP contribution < -0.4 is 5.01 Å². The number of carbonyl (C=O) groups is 1. The van der Waals surface area contributed by atoms with E-state index in [9.17, 15) is 13.2 Å². The summed E-state index contributed by atoms with van der Waals surface area (Å²) in [6.07, 6.45) is 5.38. The van der Waals surface area contributed by atoms with E-state index in [1.807, 2.05) is 103 Å². The molecule has 0 bridgehead atoms. The molecule has 1 fully saturated rings. The number of hydrogen-bond acceptors (Lipinski definition) is 5. The molecule has 0 atom stereocenters. The lowest BCUT2D eigenvalue weighted by molar-refractivity contribution is -0.114. The highest BCUT2D eigenvalue weighted by atomic mass is 32.2. The summed E-state index contributed by atoms with van der Waals surface area (Å²) >= 11 is 0. The monoisotopic (exact) mass is 599 g/mol. The van der Waals surface area contributed by atoms with Gasteiger partial charge in [-0.05, 0) is 55.3 Å². The van der Waals surface area contributed by atoms with Crippen molar-refractivity contribution in [1.82, 2.24) is 14.1 Å². The van der Waals surface area contributed by atoms with E-state index >= 15 is 0 Å². The third-order valence-corrected chi connectivity index (χ3v) is 9.69. The molecule has 1 amide bonds. The highest BCUT2D eigenvalue weighted by Crippen LogP contribution is 2.32. The van der Waals surface area contributed by atoms with Crippen LogP contribution in [0.4, 0.5) is 5.69 Å². The Labute approximate surface area is 256 Å². The fourth-order valence-corrected chi connectivity index (χ4v) is 7.13. The van der Waals surface area contributed by atoms with Crippen LogP contribution in [-0.4, -0.2) is 47.2 Å². The molecule has 0 unspecified atom stereocenters. The van der Waals surface area contributed by atoms with Crippen LogP contribution in [0.25, 0.3) is 23.0 Å². The molecular formula is C35H29N5O3S. The number of benzene rings is 4. The van der Waals surface area contributed by atoms with E-state index in [2.05, 4.69) is 0 Å². The quantitative estimate of drug-likeness (QED) is 0.210. The molecule has 9 heteroatoms. The molecule has 0 aliphatic carbocycles. The van der Waals surface area contributed by atoms with Crippen LogP contribution >= 0.6 is 0 Å². The number of anilines is 1. The maximum atomic E-state index is 14.0. The van der Waals surface area contributed by atoms with Crippen LogP contribution in [0.5, 0.6) is 0 Å². The Morgan fingerprint density at radius 1 is 0.705 bits per heavy atom. The fourth-order valence-electron chi connectivity index (χ4n) is 5.57. The lowest BCUT2D eigenvalue weighted by atomic mass is 9.99. The van der Waals surface area contributed by atoms with Crippen LogP contribution in [0, 0.1) is 0 Å². The Hall–Kier alpha value is -5.12. The van der Waals surface area contributed by atoms with Crippen LogP contribution in [0.15, 0.2) is 137 Å². The number of hydrazone groups is 1. The van der Waals surface area contributed by atoms with Crippen LogP contribution in [-0.2, 0) is 14.8 Å². The minimum absolute atomic E-state index is 0.225. The zero-order valence-corrected chi connectivity index (χ0v) is 24.6. The van der Waals surface area contributed by atoms with E-state index in [0.717, 1.165) is 24.1 Å².